The summed E-state index contributed by atoms with van der Waals surface area (Å²) in [6.45, 7) is 24.8. The van der Waals surface area contributed by atoms with Crippen LogP contribution in [-0.4, -0.2) is 97.0 Å². The summed E-state index contributed by atoms with van der Waals surface area (Å²) < 4.78 is 41.7. The number of ether oxygens (including phenoxy) is 2. The summed E-state index contributed by atoms with van der Waals surface area (Å²) >= 11 is 0. The van der Waals surface area contributed by atoms with Gasteiger partial charge in [-0.25, -0.2) is 16.0 Å². The molecular formula is C46H65N8O8P. The van der Waals surface area contributed by atoms with Crippen LogP contribution in [0.25, 0.3) is 16.5 Å². The summed E-state index contributed by atoms with van der Waals surface area (Å²) in [6, 6.07) is 12.0. The largest absolute Gasteiger partial charge is 0.494 e. The fourth-order valence-corrected chi connectivity index (χ4v) is 9.28. The number of aliphatic hydroxyl groups is 1. The van der Waals surface area contributed by atoms with Gasteiger partial charge in [0, 0.05) is 70.0 Å². The summed E-state index contributed by atoms with van der Waals surface area (Å²) in [4.78, 5) is 46.9. The lowest BCUT2D eigenvalue weighted by atomic mass is 9.88. The molecule has 1 aromatic heterocycles. The number of amides is 1. The molecule has 1 amide bonds. The van der Waals surface area contributed by atoms with E-state index < -0.39 is 38.2 Å². The number of H-pyrrole nitrogens is 1. The molecule has 342 valence electrons. The minimum absolute atomic E-state index is 0.0870. The first-order chi connectivity index (χ1) is 31.0. The quantitative estimate of drug-likeness (QED) is 0.0458. The minimum atomic E-state index is -1.60. The van der Waals surface area contributed by atoms with Crippen molar-refractivity contribution in [2.24, 2.45) is 10.2 Å². The van der Waals surface area contributed by atoms with Crippen molar-refractivity contribution in [2.75, 3.05) is 45.4 Å². The molecule has 0 radical (unpaired) electrons. The predicted octanol–water partition coefficient (Wildman–Crippen LogP) is 8.46. The number of aromatic nitrogens is 2. The first kappa shape index (κ1) is 47.5. The standard InChI is InChI=1S/C45H61N8O7P.CH4O/c1-29(2)53(30(3)4)61(58-23-21-46-10)60-39-26-42(59-33(39)7)51-28-34(43(55)48-44(51)56)14-12-20-47-41(54)15-13-22-52-38-25-40(57-11)37(24-36(38)32(6)27-45(52,8)9)50-49-35-18-16-31(5)17-19-35;1-2/h12,14,16-19,24-25,27-30,33,39,42H,13,15,20-23,26H2,1-9,11H3,(H,47,54)(H,48,55,56);2H,1H3/b14-12+,50-49?;/t33-,39?,42-,61?;/m1./s1/i7D;2T. The molecule has 16 nitrogen and oxygen atoms in total. The Hall–Kier alpha value is -5.01. The molecule has 1 fully saturated rings. The van der Waals surface area contributed by atoms with Crippen molar-refractivity contribution in [3.63, 3.8) is 0 Å². The van der Waals surface area contributed by atoms with E-state index in [0.717, 1.165) is 28.1 Å². The van der Waals surface area contributed by atoms with Gasteiger partial charge in [-0.05, 0) is 92.5 Å². The average Bonchev–Trinajstić information content (AvgIpc) is 3.65. The van der Waals surface area contributed by atoms with Crippen LogP contribution in [0.15, 0.2) is 74.6 Å². The zero-order valence-electron chi connectivity index (χ0n) is 40.2. The second-order valence-electron chi connectivity index (χ2n) is 16.3. The summed E-state index contributed by atoms with van der Waals surface area (Å²) in [5.41, 5.74) is 4.31. The molecule has 4 atom stereocenters. The van der Waals surface area contributed by atoms with Crippen LogP contribution in [0, 0.1) is 13.5 Å². The number of hydrogen-bond acceptors (Lipinski definition) is 12. The van der Waals surface area contributed by atoms with E-state index in [1.54, 1.807) is 19.3 Å². The number of aryl methyl sites for hydroxylation is 1. The Morgan fingerprint density at radius 2 is 1.94 bits per heavy atom. The third-order valence-corrected chi connectivity index (χ3v) is 12.6. The summed E-state index contributed by atoms with van der Waals surface area (Å²) in [5.74, 6) is 0.461. The molecule has 0 aliphatic carbocycles. The highest BCUT2D eigenvalue weighted by molar-refractivity contribution is 7.44. The first-order valence-corrected chi connectivity index (χ1v) is 22.2. The number of aromatic amines is 1. The molecule has 17 heteroatoms. The van der Waals surface area contributed by atoms with Gasteiger partial charge in [-0.2, -0.15) is 5.11 Å². The predicted molar refractivity (Wildman–Crippen MR) is 250 cm³/mol. The number of rotatable bonds is 19. The lowest BCUT2D eigenvalue weighted by Crippen LogP contribution is -2.45. The number of carbonyl (C=O) groups excluding carboxylic acids is 1. The van der Waals surface area contributed by atoms with E-state index in [2.05, 4.69) is 66.9 Å². The van der Waals surface area contributed by atoms with Crippen molar-refractivity contribution in [2.45, 2.75) is 118 Å². The summed E-state index contributed by atoms with van der Waals surface area (Å²) in [6.07, 6.45) is 5.95. The number of azo groups is 1. The van der Waals surface area contributed by atoms with Gasteiger partial charge in [0.25, 0.3) is 14.1 Å². The Morgan fingerprint density at radius 1 is 1.22 bits per heavy atom. The molecule has 1 saturated heterocycles. The van der Waals surface area contributed by atoms with Crippen LogP contribution in [0.3, 0.4) is 0 Å². The molecule has 0 spiro atoms. The van der Waals surface area contributed by atoms with E-state index in [0.29, 0.717) is 24.4 Å². The highest BCUT2D eigenvalue weighted by Crippen LogP contribution is 2.50. The maximum Gasteiger partial charge on any atom is 0.330 e. The summed E-state index contributed by atoms with van der Waals surface area (Å²) in [5, 5.41) is 15.4. The molecule has 63 heavy (non-hydrogen) atoms. The Labute approximate surface area is 375 Å². The molecule has 2 aliphatic rings. The van der Waals surface area contributed by atoms with Crippen molar-refractivity contribution >= 4 is 43.1 Å². The van der Waals surface area contributed by atoms with Crippen LogP contribution < -0.4 is 26.2 Å². The molecule has 0 bridgehead atoms. The Balaban J connectivity index is 0.00000300. The van der Waals surface area contributed by atoms with Gasteiger partial charge < -0.3 is 38.7 Å². The molecule has 2 aromatic carbocycles. The second kappa shape index (κ2) is 23.6. The van der Waals surface area contributed by atoms with Crippen molar-refractivity contribution in [3.05, 3.63) is 104 Å². The third kappa shape index (κ3) is 13.5. The Kier molecular flexibility index (Phi) is 17.8. The van der Waals surface area contributed by atoms with E-state index in [-0.39, 0.29) is 68.5 Å². The second-order valence-corrected chi connectivity index (χ2v) is 17.7. The van der Waals surface area contributed by atoms with Gasteiger partial charge in [-0.1, -0.05) is 35.9 Å². The maximum absolute atomic E-state index is 13.0. The molecule has 3 heterocycles. The van der Waals surface area contributed by atoms with Crippen LogP contribution in [0.1, 0.15) is 98.9 Å². The number of hydrogen-bond donors (Lipinski definition) is 3. The van der Waals surface area contributed by atoms with Crippen molar-refractivity contribution in [1.82, 2.24) is 19.5 Å². The van der Waals surface area contributed by atoms with Gasteiger partial charge >= 0.3 is 5.69 Å². The normalized spacial score (nSPS) is 19.1. The van der Waals surface area contributed by atoms with Crippen LogP contribution in [-0.2, 0) is 18.6 Å². The van der Waals surface area contributed by atoms with E-state index in [4.69, 9.17) is 27.9 Å². The zero-order chi connectivity index (χ0) is 47.8. The van der Waals surface area contributed by atoms with Gasteiger partial charge in [-0.15, -0.1) is 5.11 Å². The molecule has 3 N–H and O–H groups in total. The van der Waals surface area contributed by atoms with E-state index in [9.17, 15) is 14.4 Å². The molecule has 2 aliphatic heterocycles. The highest BCUT2D eigenvalue weighted by Gasteiger charge is 2.39. The number of fused-ring (bicyclic) bond motifs is 1. The average molecular weight is 892 g/mol. The number of anilines is 1. The Morgan fingerprint density at radius 3 is 2.59 bits per heavy atom. The number of nitrogens with one attached hydrogen (secondary N) is 2. The smallest absolute Gasteiger partial charge is 0.330 e. The minimum Gasteiger partial charge on any atom is -0.494 e. The van der Waals surface area contributed by atoms with E-state index >= 15 is 0 Å². The SMILES string of the molecule is [2H]C[C@H]1O[C@@H](n2cc(/C=C/CNC(=O)CCCN3c4cc(OC)c(N=Nc5ccc(C)cc5)cc4C(C)=CC3(C)C)c(=O)[nH]c2=O)CC1OP(OCC[N+]#[C-])N(C(C)C)C(C)C.[3H]OC. The van der Waals surface area contributed by atoms with Crippen LogP contribution in [0.2, 0.25) is 0 Å². The molecule has 5 rings (SSSR count). The monoisotopic (exact) mass is 891 g/mol. The molecule has 0 saturated carbocycles. The van der Waals surface area contributed by atoms with Crippen molar-refractivity contribution in [1.29, 1.82) is 1.43 Å². The lowest BCUT2D eigenvalue weighted by Gasteiger charge is -2.43. The summed E-state index contributed by atoms with van der Waals surface area (Å²) in [7, 11) is 1.31. The first-order valence-electron chi connectivity index (χ1n) is 22.2. The van der Waals surface area contributed by atoms with Crippen molar-refractivity contribution in [3.8, 4) is 5.75 Å². The number of nitrogens with zero attached hydrogens (tertiary/aromatic N) is 6. The number of benzene rings is 2. The number of methoxy groups -OCH3 is 1. The van der Waals surface area contributed by atoms with Crippen LogP contribution in [0.4, 0.5) is 17.1 Å². The number of aliphatic hydroxyl groups excluding tert-OH is 1. The van der Waals surface area contributed by atoms with Gasteiger partial charge in [0.1, 0.15) is 24.3 Å². The fraction of sp³-hybridized carbons (Fsp3) is 0.522. The van der Waals surface area contributed by atoms with Gasteiger partial charge in [-0.3, -0.25) is 19.1 Å². The van der Waals surface area contributed by atoms with Crippen molar-refractivity contribution < 1.29 is 29.8 Å². The topological polar surface area (TPSA) is 177 Å². The number of carbonyl (C=O) groups is 1. The van der Waals surface area contributed by atoms with E-state index in [1.165, 1.54) is 17.9 Å². The number of allylic oxidation sites excluding steroid dienone is 1. The van der Waals surface area contributed by atoms with Crippen LogP contribution >= 0.6 is 8.53 Å². The van der Waals surface area contributed by atoms with Gasteiger partial charge in [0.15, 0.2) is 0 Å². The zero-order valence-corrected chi connectivity index (χ0v) is 39.1. The highest BCUT2D eigenvalue weighted by atomic mass is 31.2. The van der Waals surface area contributed by atoms with E-state index in [1.807, 2.05) is 71.0 Å². The lowest BCUT2D eigenvalue weighted by molar-refractivity contribution is -0.120. The fourth-order valence-electron chi connectivity index (χ4n) is 7.54. The molecule has 2 unspecified atom stereocenters. The Bertz CT molecular complexity index is 2290. The van der Waals surface area contributed by atoms with Crippen LogP contribution in [0.5, 0.6) is 5.75 Å². The third-order valence-electron chi connectivity index (χ3n) is 10.4. The molecular weight excluding hydrogens is 824 g/mol. The maximum atomic E-state index is 13.0. The van der Waals surface area contributed by atoms with Gasteiger partial charge in [0.2, 0.25) is 13.9 Å². The molecule has 3 aromatic rings. The van der Waals surface area contributed by atoms with Gasteiger partial charge in [0.05, 0.1) is 36.1 Å².